The molecule has 0 aliphatic carbocycles. The van der Waals surface area contributed by atoms with E-state index in [0.717, 1.165) is 11.3 Å². The van der Waals surface area contributed by atoms with E-state index in [1.807, 2.05) is 31.2 Å². The fourth-order valence-electron chi connectivity index (χ4n) is 1.88. The summed E-state index contributed by atoms with van der Waals surface area (Å²) in [6, 6.07) is 12.5. The molecule has 0 saturated heterocycles. The molecule has 0 saturated carbocycles. The fourth-order valence-corrected chi connectivity index (χ4v) is 1.99. The van der Waals surface area contributed by atoms with E-state index < -0.39 is 5.97 Å². The Bertz CT molecular complexity index is 684. The number of anilines is 3. The lowest BCUT2D eigenvalue weighted by Gasteiger charge is -2.15. The molecule has 0 fully saturated rings. The minimum Gasteiger partial charge on any atom is -0.478 e. The molecule has 2 rings (SSSR count). The Balaban J connectivity index is 2.45. The first-order valence-electron chi connectivity index (χ1n) is 6.24. The van der Waals surface area contributed by atoms with E-state index in [-0.39, 0.29) is 10.7 Å². The first-order chi connectivity index (χ1) is 9.97. The second-order valence-electron chi connectivity index (χ2n) is 4.51. The number of carboxylic acids is 1. The van der Waals surface area contributed by atoms with Crippen LogP contribution in [-0.4, -0.2) is 16.2 Å². The summed E-state index contributed by atoms with van der Waals surface area (Å²) in [5.41, 5.74) is 8.45. The van der Waals surface area contributed by atoms with Crippen molar-refractivity contribution in [3.8, 4) is 0 Å². The Morgan fingerprint density at radius 1 is 1.19 bits per heavy atom. The first kappa shape index (κ1) is 14.8. The molecule has 0 radical (unpaired) electrons. The van der Waals surface area contributed by atoms with Crippen LogP contribution < -0.4 is 16.4 Å². The van der Waals surface area contributed by atoms with Gasteiger partial charge in [-0.3, -0.25) is 0 Å². The molecular weight excluding hydrogens is 286 g/mol. The van der Waals surface area contributed by atoms with Gasteiger partial charge in [-0.15, -0.1) is 0 Å². The second-order valence-corrected chi connectivity index (χ2v) is 4.95. The molecule has 5 N–H and O–H groups in total. The monoisotopic (exact) mass is 301 g/mol. The lowest BCUT2D eigenvalue weighted by Crippen LogP contribution is -2.20. The number of hydrogen-bond acceptors (Lipinski definition) is 3. The summed E-state index contributed by atoms with van der Waals surface area (Å²) in [6.45, 7) is 1.98. The van der Waals surface area contributed by atoms with Crippen LogP contribution in [0.5, 0.6) is 0 Å². The number of para-hydroxylation sites is 1. The quantitative estimate of drug-likeness (QED) is 0.649. The molecule has 6 heteroatoms. The summed E-state index contributed by atoms with van der Waals surface area (Å²) < 4.78 is 0. The molecule has 0 amide bonds. The number of nitrogens with one attached hydrogen (secondary N) is 2. The van der Waals surface area contributed by atoms with Crippen molar-refractivity contribution in [3.05, 3.63) is 53.6 Å². The number of thiocarbonyl (C=S) groups is 1. The molecule has 108 valence electrons. The van der Waals surface area contributed by atoms with Gasteiger partial charge in [-0.2, -0.15) is 0 Å². The third-order valence-electron chi connectivity index (χ3n) is 2.87. The van der Waals surface area contributed by atoms with Crippen molar-refractivity contribution in [2.45, 2.75) is 6.92 Å². The van der Waals surface area contributed by atoms with Crippen molar-refractivity contribution in [1.82, 2.24) is 0 Å². The van der Waals surface area contributed by atoms with E-state index in [1.165, 1.54) is 6.07 Å². The van der Waals surface area contributed by atoms with Crippen LogP contribution in [0.1, 0.15) is 15.9 Å². The SMILES string of the molecule is Cc1ccc(Nc2c(NC(N)=S)cccc2C(=O)O)cc1. The van der Waals surface area contributed by atoms with Gasteiger partial charge >= 0.3 is 5.97 Å². The van der Waals surface area contributed by atoms with Crippen molar-refractivity contribution >= 4 is 40.4 Å². The summed E-state index contributed by atoms with van der Waals surface area (Å²) in [5, 5.41) is 15.3. The predicted molar refractivity (Wildman–Crippen MR) is 88.3 cm³/mol. The highest BCUT2D eigenvalue weighted by Gasteiger charge is 2.14. The van der Waals surface area contributed by atoms with Crippen molar-refractivity contribution < 1.29 is 9.90 Å². The summed E-state index contributed by atoms with van der Waals surface area (Å²) in [6.07, 6.45) is 0. The van der Waals surface area contributed by atoms with Gasteiger partial charge in [0.15, 0.2) is 5.11 Å². The Labute approximate surface area is 127 Å². The van der Waals surface area contributed by atoms with E-state index >= 15 is 0 Å². The third kappa shape index (κ3) is 3.70. The normalized spacial score (nSPS) is 9.95. The minimum atomic E-state index is -1.03. The summed E-state index contributed by atoms with van der Waals surface area (Å²) in [5.74, 6) is -1.03. The average molecular weight is 301 g/mol. The summed E-state index contributed by atoms with van der Waals surface area (Å²) in [7, 11) is 0. The zero-order valence-corrected chi connectivity index (χ0v) is 12.2. The molecule has 0 aromatic heterocycles. The predicted octanol–water partition coefficient (Wildman–Crippen LogP) is 3.09. The van der Waals surface area contributed by atoms with Gasteiger partial charge < -0.3 is 21.5 Å². The number of carboxylic acid groups (broad SMARTS) is 1. The van der Waals surface area contributed by atoms with Crippen LogP contribution in [0.25, 0.3) is 0 Å². The molecule has 21 heavy (non-hydrogen) atoms. The second kappa shape index (κ2) is 6.23. The van der Waals surface area contributed by atoms with Crippen LogP contribution in [0.15, 0.2) is 42.5 Å². The van der Waals surface area contributed by atoms with Gasteiger partial charge in [0.1, 0.15) is 0 Å². The smallest absolute Gasteiger partial charge is 0.337 e. The molecule has 0 aliphatic heterocycles. The van der Waals surface area contributed by atoms with Gasteiger partial charge in [0.05, 0.1) is 16.9 Å². The van der Waals surface area contributed by atoms with Gasteiger partial charge in [-0.05, 0) is 43.4 Å². The van der Waals surface area contributed by atoms with E-state index in [0.29, 0.717) is 11.4 Å². The lowest BCUT2D eigenvalue weighted by atomic mass is 10.1. The van der Waals surface area contributed by atoms with Crippen molar-refractivity contribution in [3.63, 3.8) is 0 Å². The molecule has 2 aromatic rings. The largest absolute Gasteiger partial charge is 0.478 e. The Morgan fingerprint density at radius 2 is 1.86 bits per heavy atom. The number of aryl methyl sites for hydroxylation is 1. The number of aromatic carboxylic acids is 1. The van der Waals surface area contributed by atoms with Crippen LogP contribution in [0.4, 0.5) is 17.1 Å². The maximum atomic E-state index is 11.4. The lowest BCUT2D eigenvalue weighted by molar-refractivity contribution is 0.0698. The summed E-state index contributed by atoms with van der Waals surface area (Å²) >= 11 is 4.82. The van der Waals surface area contributed by atoms with Crippen LogP contribution in [0.3, 0.4) is 0 Å². The van der Waals surface area contributed by atoms with Gasteiger partial charge in [0.2, 0.25) is 0 Å². The maximum absolute atomic E-state index is 11.4. The first-order valence-corrected chi connectivity index (χ1v) is 6.64. The van der Waals surface area contributed by atoms with E-state index in [2.05, 4.69) is 10.6 Å². The van der Waals surface area contributed by atoms with Gasteiger partial charge in [-0.1, -0.05) is 23.8 Å². The van der Waals surface area contributed by atoms with Gasteiger partial charge in [-0.25, -0.2) is 4.79 Å². The Morgan fingerprint density at radius 3 is 2.43 bits per heavy atom. The Kier molecular flexibility index (Phi) is 4.39. The highest BCUT2D eigenvalue weighted by molar-refractivity contribution is 7.80. The van der Waals surface area contributed by atoms with Crippen LogP contribution in [0, 0.1) is 6.92 Å². The van der Waals surface area contributed by atoms with Gasteiger partial charge in [0.25, 0.3) is 0 Å². The highest BCUT2D eigenvalue weighted by atomic mass is 32.1. The number of carbonyl (C=O) groups is 1. The van der Waals surface area contributed by atoms with E-state index in [1.54, 1.807) is 12.1 Å². The number of hydrogen-bond donors (Lipinski definition) is 4. The molecule has 0 atom stereocenters. The topological polar surface area (TPSA) is 87.4 Å². The molecule has 0 heterocycles. The number of benzene rings is 2. The Hall–Kier alpha value is -2.60. The standard InChI is InChI=1S/C15H15N3O2S/c1-9-5-7-10(8-6-9)17-13-11(14(19)20)3-2-4-12(13)18-15(16)21/h2-8,17H,1H3,(H,19,20)(H3,16,18,21). The van der Waals surface area contributed by atoms with Crippen molar-refractivity contribution in [2.24, 2.45) is 5.73 Å². The molecule has 2 aromatic carbocycles. The van der Waals surface area contributed by atoms with Crippen LogP contribution in [-0.2, 0) is 0 Å². The summed E-state index contributed by atoms with van der Waals surface area (Å²) in [4.78, 5) is 11.4. The number of rotatable bonds is 4. The molecule has 0 bridgehead atoms. The van der Waals surface area contributed by atoms with Gasteiger partial charge in [0, 0.05) is 5.69 Å². The zero-order chi connectivity index (χ0) is 15.4. The average Bonchev–Trinajstić information content (AvgIpc) is 2.42. The van der Waals surface area contributed by atoms with E-state index in [4.69, 9.17) is 18.0 Å². The molecular formula is C15H15N3O2S. The fraction of sp³-hybridized carbons (Fsp3) is 0.0667. The zero-order valence-electron chi connectivity index (χ0n) is 11.4. The van der Waals surface area contributed by atoms with Crippen molar-refractivity contribution in [2.75, 3.05) is 10.6 Å². The maximum Gasteiger partial charge on any atom is 0.337 e. The van der Waals surface area contributed by atoms with E-state index in [9.17, 15) is 9.90 Å². The highest BCUT2D eigenvalue weighted by Crippen LogP contribution is 2.29. The number of nitrogens with two attached hydrogens (primary N) is 1. The van der Waals surface area contributed by atoms with Crippen molar-refractivity contribution in [1.29, 1.82) is 0 Å². The molecule has 5 nitrogen and oxygen atoms in total. The minimum absolute atomic E-state index is 0.0736. The molecule has 0 unspecified atom stereocenters. The van der Waals surface area contributed by atoms with Crippen LogP contribution in [0.2, 0.25) is 0 Å². The molecule has 0 spiro atoms. The van der Waals surface area contributed by atoms with Crippen LogP contribution >= 0.6 is 12.2 Å². The molecule has 0 aliphatic rings. The third-order valence-corrected chi connectivity index (χ3v) is 2.98.